The molecule has 3 aromatic rings. The Labute approximate surface area is 203 Å². The largest absolute Gasteiger partial charge is 0.480 e. The highest BCUT2D eigenvalue weighted by atomic mass is 35.5. The van der Waals surface area contributed by atoms with Crippen LogP contribution in [0.25, 0.3) is 10.9 Å². The number of aryl methyl sites for hydroxylation is 2. The summed E-state index contributed by atoms with van der Waals surface area (Å²) < 4.78 is 32.2. The van der Waals surface area contributed by atoms with Gasteiger partial charge in [0.25, 0.3) is 5.91 Å². The van der Waals surface area contributed by atoms with E-state index in [2.05, 4.69) is 5.32 Å². The van der Waals surface area contributed by atoms with E-state index in [9.17, 15) is 23.1 Å². The smallest absolute Gasteiger partial charge is 0.322 e. The lowest BCUT2D eigenvalue weighted by molar-refractivity contribution is -0.136. The van der Waals surface area contributed by atoms with E-state index >= 15 is 0 Å². The highest BCUT2D eigenvalue weighted by Gasteiger charge is 2.33. The van der Waals surface area contributed by atoms with Crippen LogP contribution in [0.15, 0.2) is 47.4 Å². The quantitative estimate of drug-likeness (QED) is 0.455. The number of carbonyl (C=O) groups is 2. The van der Waals surface area contributed by atoms with Gasteiger partial charge in [-0.25, -0.2) is 8.42 Å². The van der Waals surface area contributed by atoms with Crippen LogP contribution in [0, 0.1) is 6.92 Å². The fourth-order valence-electron chi connectivity index (χ4n) is 3.84. The number of nitrogens with zero attached hydrogens (tertiary/aromatic N) is 1. The number of carbonyl (C=O) groups excluding carboxylic acids is 1. The van der Waals surface area contributed by atoms with Crippen LogP contribution >= 0.6 is 11.6 Å². The minimum absolute atomic E-state index is 0.0102. The number of aromatic nitrogens is 1. The predicted molar refractivity (Wildman–Crippen MR) is 130 cm³/mol. The molecule has 10 heteroatoms. The second-order valence-corrected chi connectivity index (χ2v) is 10.7. The average Bonchev–Trinajstić information content (AvgIpc) is 3.10. The fraction of sp³-hybridized carbons (Fsp3) is 0.333. The second kappa shape index (κ2) is 10.2. The molecule has 182 valence electrons. The third-order valence-electron chi connectivity index (χ3n) is 5.78. The SMILES string of the molecule is COCCC(C(=O)O)S(=O)(=O)c1ccc(C(C)NC(=O)c2cc3c(Cl)cc(C)cc3n2C)cc1. The van der Waals surface area contributed by atoms with Gasteiger partial charge in [-0.15, -0.1) is 0 Å². The molecule has 0 aliphatic carbocycles. The first-order valence-corrected chi connectivity index (χ1v) is 12.5. The van der Waals surface area contributed by atoms with Crippen molar-refractivity contribution in [3.05, 3.63) is 64.3 Å². The molecule has 0 spiro atoms. The fourth-order valence-corrected chi connectivity index (χ4v) is 5.68. The number of ether oxygens (including phenoxy) is 1. The maximum atomic E-state index is 13.0. The summed E-state index contributed by atoms with van der Waals surface area (Å²) in [6.45, 7) is 3.72. The summed E-state index contributed by atoms with van der Waals surface area (Å²) in [4.78, 5) is 24.4. The van der Waals surface area contributed by atoms with Crippen LogP contribution in [0.4, 0.5) is 0 Å². The van der Waals surface area contributed by atoms with Gasteiger partial charge in [-0.3, -0.25) is 9.59 Å². The van der Waals surface area contributed by atoms with E-state index in [0.717, 1.165) is 16.5 Å². The summed E-state index contributed by atoms with van der Waals surface area (Å²) in [5, 5.41) is 12.0. The summed E-state index contributed by atoms with van der Waals surface area (Å²) in [6.07, 6.45) is -0.156. The molecule has 2 aromatic carbocycles. The normalized spacial score (nSPS) is 13.6. The average molecular weight is 507 g/mol. The molecule has 0 radical (unpaired) electrons. The molecule has 2 N–H and O–H groups in total. The third kappa shape index (κ3) is 5.11. The van der Waals surface area contributed by atoms with E-state index in [0.29, 0.717) is 16.3 Å². The first kappa shape index (κ1) is 25.7. The van der Waals surface area contributed by atoms with Crippen molar-refractivity contribution in [3.63, 3.8) is 0 Å². The maximum absolute atomic E-state index is 13.0. The standard InChI is InChI=1S/C24H27ClN2O6S/c1-14-11-19(25)18-13-21(27(3)20(18)12-14)23(28)26-15(2)16-5-7-17(8-6-16)34(31,32)22(24(29)30)9-10-33-4/h5-8,11-13,15,22H,9-10H2,1-4H3,(H,26,28)(H,29,30). The first-order chi connectivity index (χ1) is 16.0. The Morgan fingerprint density at radius 1 is 1.18 bits per heavy atom. The molecule has 1 aromatic heterocycles. The van der Waals surface area contributed by atoms with Crippen LogP contribution in [-0.4, -0.2) is 48.9 Å². The van der Waals surface area contributed by atoms with Gasteiger partial charge in [-0.2, -0.15) is 0 Å². The maximum Gasteiger partial charge on any atom is 0.322 e. The molecule has 0 fully saturated rings. The van der Waals surface area contributed by atoms with Crippen LogP contribution in [0.3, 0.4) is 0 Å². The Morgan fingerprint density at radius 2 is 1.82 bits per heavy atom. The number of carboxylic acids is 1. The van der Waals surface area contributed by atoms with Gasteiger partial charge >= 0.3 is 5.97 Å². The van der Waals surface area contributed by atoms with Crippen LogP contribution in [0.5, 0.6) is 0 Å². The number of benzene rings is 2. The summed E-state index contributed by atoms with van der Waals surface area (Å²) >= 11 is 6.34. The Morgan fingerprint density at radius 3 is 2.41 bits per heavy atom. The molecule has 2 atom stereocenters. The number of hydrogen-bond acceptors (Lipinski definition) is 5. The molecule has 8 nitrogen and oxygen atoms in total. The predicted octanol–water partition coefficient (Wildman–Crippen LogP) is 3.89. The zero-order valence-electron chi connectivity index (χ0n) is 19.3. The van der Waals surface area contributed by atoms with Crippen molar-refractivity contribution in [3.8, 4) is 0 Å². The Bertz CT molecular complexity index is 1330. The summed E-state index contributed by atoms with van der Waals surface area (Å²) in [5.74, 6) is -1.73. The highest BCUT2D eigenvalue weighted by molar-refractivity contribution is 7.92. The molecular formula is C24H27ClN2O6S. The lowest BCUT2D eigenvalue weighted by Crippen LogP contribution is -2.31. The number of rotatable bonds is 9. The Balaban J connectivity index is 1.80. The van der Waals surface area contributed by atoms with Crippen molar-refractivity contribution < 1.29 is 27.9 Å². The van der Waals surface area contributed by atoms with Gasteiger partial charge in [-0.1, -0.05) is 23.7 Å². The third-order valence-corrected chi connectivity index (χ3v) is 8.21. The van der Waals surface area contributed by atoms with E-state index < -0.39 is 27.1 Å². The van der Waals surface area contributed by atoms with Crippen LogP contribution < -0.4 is 5.32 Å². The van der Waals surface area contributed by atoms with Gasteiger partial charge in [0.1, 0.15) is 5.69 Å². The minimum Gasteiger partial charge on any atom is -0.480 e. The van der Waals surface area contributed by atoms with Crippen molar-refractivity contribution in [2.45, 2.75) is 36.5 Å². The van der Waals surface area contributed by atoms with Crippen molar-refractivity contribution >= 4 is 44.2 Å². The molecule has 0 bridgehead atoms. The van der Waals surface area contributed by atoms with Crippen molar-refractivity contribution in [2.24, 2.45) is 7.05 Å². The highest BCUT2D eigenvalue weighted by Crippen LogP contribution is 2.28. The number of sulfone groups is 1. The zero-order chi connectivity index (χ0) is 25.2. The molecule has 2 unspecified atom stereocenters. The number of aliphatic carboxylic acids is 1. The molecule has 34 heavy (non-hydrogen) atoms. The molecule has 1 heterocycles. The van der Waals surface area contributed by atoms with E-state index in [4.69, 9.17) is 16.3 Å². The van der Waals surface area contributed by atoms with Crippen molar-refractivity contribution in [1.82, 2.24) is 9.88 Å². The second-order valence-electron chi connectivity index (χ2n) is 8.19. The van der Waals surface area contributed by atoms with Gasteiger partial charge in [0.2, 0.25) is 0 Å². The molecule has 0 aliphatic rings. The number of methoxy groups -OCH3 is 1. The van der Waals surface area contributed by atoms with E-state index in [-0.39, 0.29) is 23.8 Å². The minimum atomic E-state index is -4.09. The molecule has 3 rings (SSSR count). The van der Waals surface area contributed by atoms with Gasteiger partial charge in [0.05, 0.1) is 21.5 Å². The molecule has 1 amide bonds. The monoisotopic (exact) mass is 506 g/mol. The molecular weight excluding hydrogens is 480 g/mol. The van der Waals surface area contributed by atoms with Crippen molar-refractivity contribution in [1.29, 1.82) is 0 Å². The van der Waals surface area contributed by atoms with Crippen molar-refractivity contribution in [2.75, 3.05) is 13.7 Å². The number of hydrogen-bond donors (Lipinski definition) is 2. The summed E-state index contributed by atoms with van der Waals surface area (Å²) in [5.41, 5.74) is 2.94. The lowest BCUT2D eigenvalue weighted by atomic mass is 10.1. The van der Waals surface area contributed by atoms with Crippen LogP contribution in [0.2, 0.25) is 5.02 Å². The van der Waals surface area contributed by atoms with Gasteiger partial charge in [-0.05, 0) is 61.7 Å². The summed E-state index contributed by atoms with van der Waals surface area (Å²) in [7, 11) is -0.922. The van der Waals surface area contributed by atoms with Gasteiger partial charge in [0, 0.05) is 26.2 Å². The molecule has 0 aliphatic heterocycles. The Kier molecular flexibility index (Phi) is 7.70. The van der Waals surface area contributed by atoms with Gasteiger partial charge in [0.15, 0.2) is 15.1 Å². The number of fused-ring (bicyclic) bond motifs is 1. The number of nitrogens with one attached hydrogen (secondary N) is 1. The van der Waals surface area contributed by atoms with E-state index in [1.165, 1.54) is 19.2 Å². The molecule has 0 saturated heterocycles. The topological polar surface area (TPSA) is 115 Å². The number of carboxylic acid groups (broad SMARTS) is 1. The zero-order valence-corrected chi connectivity index (χ0v) is 20.9. The number of amides is 1. The Hall–Kier alpha value is -2.88. The van der Waals surface area contributed by atoms with E-state index in [1.54, 1.807) is 36.7 Å². The van der Waals surface area contributed by atoms with Crippen LogP contribution in [0.1, 0.15) is 41.0 Å². The van der Waals surface area contributed by atoms with Crippen LogP contribution in [-0.2, 0) is 26.4 Å². The van der Waals surface area contributed by atoms with Gasteiger partial charge < -0.3 is 19.7 Å². The summed E-state index contributed by atoms with van der Waals surface area (Å²) in [6, 6.07) is 10.9. The van der Waals surface area contributed by atoms with E-state index in [1.807, 2.05) is 19.1 Å². The first-order valence-electron chi connectivity index (χ1n) is 10.6. The molecule has 0 saturated carbocycles. The number of halogens is 1. The lowest BCUT2D eigenvalue weighted by Gasteiger charge is -2.17.